The number of aromatic amines is 1. The molecule has 3 atom stereocenters. The number of carbonyl (C=O) groups excluding carboxylic acids is 1. The van der Waals surface area contributed by atoms with Gasteiger partial charge < -0.3 is 25.7 Å². The van der Waals surface area contributed by atoms with Crippen LogP contribution in [0.25, 0.3) is 28.0 Å². The Morgan fingerprint density at radius 1 is 1.00 bits per heavy atom. The summed E-state index contributed by atoms with van der Waals surface area (Å²) in [6, 6.07) is 14.5. The Kier molecular flexibility index (Phi) is 6.93. The summed E-state index contributed by atoms with van der Waals surface area (Å²) in [4.78, 5) is 28.8. The monoisotopic (exact) mass is 604 g/mol. The molecule has 45 heavy (non-hydrogen) atoms. The quantitative estimate of drug-likeness (QED) is 0.204. The summed E-state index contributed by atoms with van der Waals surface area (Å²) < 4.78 is 6.88. The number of nitrogens with zero attached hydrogens (tertiary/aromatic N) is 7. The van der Waals surface area contributed by atoms with Crippen LogP contribution in [0.3, 0.4) is 0 Å². The molecule has 1 amide bonds. The van der Waals surface area contributed by atoms with Crippen LogP contribution in [0.2, 0.25) is 0 Å². The van der Waals surface area contributed by atoms with E-state index in [9.17, 15) is 4.79 Å². The molecule has 230 valence electrons. The molecule has 2 aliphatic heterocycles. The van der Waals surface area contributed by atoms with E-state index in [1.807, 2.05) is 41.6 Å². The number of anilines is 2. The molecule has 6 heterocycles. The van der Waals surface area contributed by atoms with E-state index in [0.717, 1.165) is 77.8 Å². The maximum absolute atomic E-state index is 13.6. The third-order valence-corrected chi connectivity index (χ3v) is 9.52. The van der Waals surface area contributed by atoms with Gasteiger partial charge in [-0.25, -0.2) is 4.98 Å². The average Bonchev–Trinajstić information content (AvgIpc) is 3.52. The molecule has 3 aliphatic rings. The summed E-state index contributed by atoms with van der Waals surface area (Å²) in [6.45, 7) is 1.11. The van der Waals surface area contributed by atoms with Crippen molar-refractivity contribution in [3.8, 4) is 22.4 Å². The number of piperidine rings is 1. The van der Waals surface area contributed by atoms with Crippen molar-refractivity contribution in [2.24, 2.45) is 0 Å². The Labute approximate surface area is 260 Å². The zero-order valence-electron chi connectivity index (χ0n) is 25.2. The van der Waals surface area contributed by atoms with E-state index < -0.39 is 0 Å². The Hall–Kier alpha value is -4.84. The fraction of sp³-hybridized carbons (Fsp3) is 0.394. The van der Waals surface area contributed by atoms with Gasteiger partial charge in [0.05, 0.1) is 24.2 Å². The standard InChI is InChI=1S/C33H36N10O2/c1-45-14-13-35-33-39-30(40-41-33)32(44)42-23-10-11-24(42)16-22(15-23)28-27(20-7-8-20)29(34)43-31(38-28)25(18-37-43)21-9-12-26(36-17-21)19-5-3-2-4-6-19/h2-6,9,12,17-18,20,22-24H,7-8,10-11,13-16,34H2,1H3,(H2,35,39,40,41)/t22-,23+,24-. The predicted octanol–water partition coefficient (Wildman–Crippen LogP) is 4.65. The molecule has 5 aromatic rings. The molecule has 1 aromatic carbocycles. The average molecular weight is 605 g/mol. The highest BCUT2D eigenvalue weighted by Gasteiger charge is 2.46. The van der Waals surface area contributed by atoms with E-state index in [0.29, 0.717) is 30.8 Å². The van der Waals surface area contributed by atoms with Gasteiger partial charge in [0.25, 0.3) is 5.91 Å². The lowest BCUT2D eigenvalue weighted by Crippen LogP contribution is -2.46. The zero-order valence-corrected chi connectivity index (χ0v) is 25.2. The minimum atomic E-state index is -0.0943. The minimum Gasteiger partial charge on any atom is -0.383 e. The van der Waals surface area contributed by atoms with E-state index in [-0.39, 0.29) is 29.7 Å². The number of carbonyl (C=O) groups is 1. The van der Waals surface area contributed by atoms with Crippen LogP contribution in [0.15, 0.2) is 54.9 Å². The molecule has 4 aromatic heterocycles. The van der Waals surface area contributed by atoms with E-state index in [1.54, 1.807) is 11.6 Å². The fourth-order valence-electron chi connectivity index (χ4n) is 7.25. The van der Waals surface area contributed by atoms with Gasteiger partial charge in [0.15, 0.2) is 5.65 Å². The van der Waals surface area contributed by atoms with Gasteiger partial charge in [-0.1, -0.05) is 36.4 Å². The van der Waals surface area contributed by atoms with Crippen LogP contribution in [-0.2, 0) is 4.74 Å². The Balaban J connectivity index is 1.08. The van der Waals surface area contributed by atoms with Crippen LogP contribution in [0, 0.1) is 0 Å². The molecule has 2 bridgehead atoms. The Bertz CT molecular complexity index is 1830. The molecular formula is C33H36N10O2. The van der Waals surface area contributed by atoms with E-state index in [2.05, 4.69) is 43.8 Å². The van der Waals surface area contributed by atoms with Crippen molar-refractivity contribution in [3.63, 3.8) is 0 Å². The van der Waals surface area contributed by atoms with Crippen LogP contribution in [0.4, 0.5) is 11.8 Å². The molecule has 1 aliphatic carbocycles. The molecule has 8 rings (SSSR count). The second-order valence-electron chi connectivity index (χ2n) is 12.4. The number of nitrogens with one attached hydrogen (secondary N) is 2. The third kappa shape index (κ3) is 4.98. The Morgan fingerprint density at radius 2 is 1.80 bits per heavy atom. The van der Waals surface area contributed by atoms with Crippen molar-refractivity contribution in [2.75, 3.05) is 31.3 Å². The summed E-state index contributed by atoms with van der Waals surface area (Å²) in [5, 5.41) is 16.0. The van der Waals surface area contributed by atoms with Crippen molar-refractivity contribution in [1.82, 2.24) is 39.7 Å². The Morgan fingerprint density at radius 3 is 2.51 bits per heavy atom. The number of aromatic nitrogens is 7. The number of pyridine rings is 1. The van der Waals surface area contributed by atoms with Gasteiger partial charge in [-0.15, -0.1) is 10.2 Å². The van der Waals surface area contributed by atoms with E-state index in [4.69, 9.17) is 20.4 Å². The van der Waals surface area contributed by atoms with Gasteiger partial charge in [0, 0.05) is 60.1 Å². The molecule has 2 saturated heterocycles. The van der Waals surface area contributed by atoms with Crippen LogP contribution >= 0.6 is 0 Å². The number of nitrogens with two attached hydrogens (primary N) is 1. The lowest BCUT2D eigenvalue weighted by atomic mass is 9.85. The number of nitrogen functional groups attached to an aromatic ring is 1. The molecule has 12 heteroatoms. The highest BCUT2D eigenvalue weighted by Crippen LogP contribution is 2.50. The van der Waals surface area contributed by atoms with Crippen molar-refractivity contribution in [2.45, 2.75) is 62.4 Å². The molecular weight excluding hydrogens is 568 g/mol. The van der Waals surface area contributed by atoms with Gasteiger partial charge in [-0.05, 0) is 50.5 Å². The van der Waals surface area contributed by atoms with Gasteiger partial charge in [0.2, 0.25) is 11.8 Å². The number of hydrogen-bond acceptors (Lipinski definition) is 9. The number of rotatable bonds is 9. The number of hydrogen-bond donors (Lipinski definition) is 3. The lowest BCUT2D eigenvalue weighted by Gasteiger charge is -2.39. The molecule has 0 radical (unpaired) electrons. The second-order valence-corrected chi connectivity index (χ2v) is 12.4. The van der Waals surface area contributed by atoms with Crippen LogP contribution < -0.4 is 11.1 Å². The summed E-state index contributed by atoms with van der Waals surface area (Å²) in [6.07, 6.45) is 9.57. The largest absolute Gasteiger partial charge is 0.383 e. The van der Waals surface area contributed by atoms with Crippen LogP contribution in [0.1, 0.15) is 72.2 Å². The minimum absolute atomic E-state index is 0.0943. The van der Waals surface area contributed by atoms with Gasteiger partial charge in [-0.2, -0.15) is 9.61 Å². The van der Waals surface area contributed by atoms with E-state index >= 15 is 0 Å². The predicted molar refractivity (Wildman–Crippen MR) is 170 cm³/mol. The number of H-pyrrole nitrogens is 1. The maximum Gasteiger partial charge on any atom is 0.292 e. The van der Waals surface area contributed by atoms with Crippen LogP contribution in [0.5, 0.6) is 0 Å². The smallest absolute Gasteiger partial charge is 0.292 e. The van der Waals surface area contributed by atoms with Crippen molar-refractivity contribution < 1.29 is 9.53 Å². The number of fused-ring (bicyclic) bond motifs is 3. The van der Waals surface area contributed by atoms with Gasteiger partial charge in [0.1, 0.15) is 5.82 Å². The normalized spacial score (nSPS) is 21.0. The zero-order chi connectivity index (χ0) is 30.5. The van der Waals surface area contributed by atoms with Crippen molar-refractivity contribution in [1.29, 1.82) is 0 Å². The van der Waals surface area contributed by atoms with Crippen molar-refractivity contribution in [3.05, 3.63) is 71.9 Å². The molecule has 12 nitrogen and oxygen atoms in total. The third-order valence-electron chi connectivity index (χ3n) is 9.52. The number of ether oxygens (including phenoxy) is 1. The first-order valence-electron chi connectivity index (χ1n) is 15.8. The first-order chi connectivity index (χ1) is 22.1. The molecule has 0 spiro atoms. The molecule has 0 unspecified atom stereocenters. The second kappa shape index (κ2) is 11.3. The fourth-order valence-corrected chi connectivity index (χ4v) is 7.25. The lowest BCUT2D eigenvalue weighted by molar-refractivity contribution is 0.0557. The summed E-state index contributed by atoms with van der Waals surface area (Å²) >= 11 is 0. The van der Waals surface area contributed by atoms with E-state index in [1.165, 1.54) is 0 Å². The highest BCUT2D eigenvalue weighted by molar-refractivity contribution is 5.91. The van der Waals surface area contributed by atoms with Gasteiger partial charge in [-0.3, -0.25) is 9.78 Å². The van der Waals surface area contributed by atoms with Gasteiger partial charge >= 0.3 is 0 Å². The summed E-state index contributed by atoms with van der Waals surface area (Å²) in [7, 11) is 1.64. The summed E-state index contributed by atoms with van der Waals surface area (Å²) in [5.41, 5.74) is 13.7. The maximum atomic E-state index is 13.6. The van der Waals surface area contributed by atoms with Crippen LogP contribution in [-0.4, -0.2) is 77.9 Å². The highest BCUT2D eigenvalue weighted by atomic mass is 16.5. The molecule has 3 fully saturated rings. The summed E-state index contributed by atoms with van der Waals surface area (Å²) in [5.74, 6) is 1.94. The number of benzene rings is 1. The molecule has 1 saturated carbocycles. The SMILES string of the molecule is COCCNc1nnc(C(=O)N2[C@@H]3CC[C@H]2C[C@@H](c2nc4c(-c5ccc(-c6ccccc6)nc5)cnn4c(N)c2C2CC2)C3)[nH]1. The molecule has 4 N–H and O–H groups in total. The topological polar surface area (TPSA) is 152 Å². The first kappa shape index (κ1) is 27.7. The van der Waals surface area contributed by atoms with Crippen molar-refractivity contribution >= 4 is 23.3 Å². The number of methoxy groups -OCH3 is 1. The first-order valence-corrected chi connectivity index (χ1v) is 15.8. The number of amides is 1.